The van der Waals surface area contributed by atoms with E-state index in [-0.39, 0.29) is 17.6 Å². The van der Waals surface area contributed by atoms with Crippen molar-refractivity contribution in [3.05, 3.63) is 47.8 Å². The fourth-order valence-electron chi connectivity index (χ4n) is 3.37. The lowest BCUT2D eigenvalue weighted by molar-refractivity contribution is -0.143. The monoisotopic (exact) mass is 456 g/mol. The van der Waals surface area contributed by atoms with Crippen LogP contribution in [0.3, 0.4) is 0 Å². The van der Waals surface area contributed by atoms with E-state index >= 15 is 0 Å². The van der Waals surface area contributed by atoms with Crippen molar-refractivity contribution in [2.24, 2.45) is 0 Å². The first-order valence-electron chi connectivity index (χ1n) is 9.62. The van der Waals surface area contributed by atoms with Crippen molar-refractivity contribution in [2.45, 2.75) is 12.4 Å². The van der Waals surface area contributed by atoms with Gasteiger partial charge in [0.15, 0.2) is 0 Å². The molecule has 1 saturated heterocycles. The first-order chi connectivity index (χ1) is 15.0. The fraction of sp³-hybridized carbons (Fsp3) is 0.350. The summed E-state index contributed by atoms with van der Waals surface area (Å²) in [5.41, 5.74) is -2.74. The first kappa shape index (κ1) is 22.1. The molecule has 0 atom stereocenters. The van der Waals surface area contributed by atoms with E-state index in [0.717, 1.165) is 13.1 Å². The second-order valence-corrected chi connectivity index (χ2v) is 7.47. The van der Waals surface area contributed by atoms with Gasteiger partial charge in [-0.3, -0.25) is 4.98 Å². The van der Waals surface area contributed by atoms with Crippen molar-refractivity contribution < 1.29 is 26.3 Å². The number of hydrogen-bond donors (Lipinski definition) is 1. The highest BCUT2D eigenvalue weighted by atomic mass is 19.4. The average Bonchev–Trinajstić information content (AvgIpc) is 2.73. The summed E-state index contributed by atoms with van der Waals surface area (Å²) in [7, 11) is 1.98. The van der Waals surface area contributed by atoms with Crippen molar-refractivity contribution in [3.8, 4) is 0 Å². The molecule has 1 fully saturated rings. The Morgan fingerprint density at radius 2 is 1.50 bits per heavy atom. The van der Waals surface area contributed by atoms with Crippen LogP contribution >= 0.6 is 0 Å². The number of rotatable bonds is 3. The summed E-state index contributed by atoms with van der Waals surface area (Å²) >= 11 is 0. The van der Waals surface area contributed by atoms with Crippen molar-refractivity contribution in [3.63, 3.8) is 0 Å². The number of nitrogens with zero attached hydrogens (tertiary/aromatic N) is 5. The molecule has 1 aliphatic rings. The molecule has 32 heavy (non-hydrogen) atoms. The predicted molar refractivity (Wildman–Crippen MR) is 107 cm³/mol. The van der Waals surface area contributed by atoms with Gasteiger partial charge >= 0.3 is 12.4 Å². The molecule has 0 unspecified atom stereocenters. The quantitative estimate of drug-likeness (QED) is 0.584. The Morgan fingerprint density at radius 1 is 0.875 bits per heavy atom. The number of nitrogens with one attached hydrogen (secondary N) is 1. The van der Waals surface area contributed by atoms with Crippen LogP contribution in [0.2, 0.25) is 0 Å². The fourth-order valence-corrected chi connectivity index (χ4v) is 3.37. The van der Waals surface area contributed by atoms with E-state index in [1.165, 1.54) is 12.4 Å². The van der Waals surface area contributed by atoms with Gasteiger partial charge in [-0.2, -0.15) is 31.3 Å². The summed E-state index contributed by atoms with van der Waals surface area (Å²) in [6.45, 7) is 2.80. The van der Waals surface area contributed by atoms with Gasteiger partial charge in [0.1, 0.15) is 5.82 Å². The highest BCUT2D eigenvalue weighted by Crippen LogP contribution is 2.38. The van der Waals surface area contributed by atoms with Gasteiger partial charge in [-0.1, -0.05) is 0 Å². The summed E-state index contributed by atoms with van der Waals surface area (Å²) in [6.07, 6.45) is -6.99. The van der Waals surface area contributed by atoms with Crippen LogP contribution in [0.25, 0.3) is 10.9 Å². The van der Waals surface area contributed by atoms with Crippen LogP contribution < -0.4 is 10.2 Å². The number of fused-ring (bicyclic) bond motifs is 1. The van der Waals surface area contributed by atoms with E-state index in [2.05, 4.69) is 25.2 Å². The third kappa shape index (κ3) is 4.69. The third-order valence-corrected chi connectivity index (χ3v) is 5.12. The van der Waals surface area contributed by atoms with Crippen LogP contribution in [0.5, 0.6) is 0 Å². The molecule has 2 aromatic heterocycles. The van der Waals surface area contributed by atoms with Gasteiger partial charge in [-0.05, 0) is 31.3 Å². The van der Waals surface area contributed by atoms with Gasteiger partial charge in [0.05, 0.1) is 22.0 Å². The summed E-state index contributed by atoms with van der Waals surface area (Å²) in [4.78, 5) is 16.9. The lowest BCUT2D eigenvalue weighted by Crippen LogP contribution is -2.45. The second kappa shape index (κ2) is 8.08. The molecular weight excluding hydrogens is 438 g/mol. The second-order valence-electron chi connectivity index (χ2n) is 7.47. The minimum Gasteiger partial charge on any atom is -0.339 e. The lowest BCUT2D eigenvalue weighted by Gasteiger charge is -2.32. The van der Waals surface area contributed by atoms with Crippen LogP contribution in [0.4, 0.5) is 43.8 Å². The molecule has 4 rings (SSSR count). The summed E-state index contributed by atoms with van der Waals surface area (Å²) in [6, 6.07) is 2.93. The van der Waals surface area contributed by atoms with Crippen molar-refractivity contribution >= 4 is 28.4 Å². The molecule has 3 heterocycles. The zero-order valence-electron chi connectivity index (χ0n) is 16.8. The van der Waals surface area contributed by atoms with Crippen LogP contribution in [0.1, 0.15) is 11.1 Å². The Morgan fingerprint density at radius 3 is 2.09 bits per heavy atom. The van der Waals surface area contributed by atoms with Gasteiger partial charge in [0.2, 0.25) is 5.95 Å². The van der Waals surface area contributed by atoms with Crippen molar-refractivity contribution in [1.82, 2.24) is 19.9 Å². The molecule has 0 spiro atoms. The maximum atomic E-state index is 13.2. The number of piperazine rings is 1. The number of pyridine rings is 1. The number of likely N-dealkylation sites (N-methyl/N-ethyl adjacent to an activating group) is 1. The molecule has 1 N–H and O–H groups in total. The molecule has 6 nitrogen and oxygen atoms in total. The van der Waals surface area contributed by atoms with E-state index in [1.807, 2.05) is 11.9 Å². The number of aromatic nitrogens is 3. The smallest absolute Gasteiger partial charge is 0.339 e. The van der Waals surface area contributed by atoms with E-state index in [1.54, 1.807) is 6.07 Å². The highest BCUT2D eigenvalue weighted by Gasteiger charge is 2.37. The molecule has 0 amide bonds. The molecule has 12 heteroatoms. The highest BCUT2D eigenvalue weighted by molar-refractivity contribution is 5.91. The van der Waals surface area contributed by atoms with Crippen LogP contribution in [-0.4, -0.2) is 53.1 Å². The number of benzene rings is 1. The van der Waals surface area contributed by atoms with E-state index < -0.39 is 23.5 Å². The van der Waals surface area contributed by atoms with Gasteiger partial charge < -0.3 is 15.1 Å². The first-order valence-corrected chi connectivity index (χ1v) is 9.62. The largest absolute Gasteiger partial charge is 0.416 e. The van der Waals surface area contributed by atoms with E-state index in [9.17, 15) is 26.3 Å². The molecular formula is C20H18F6N6. The summed E-state index contributed by atoms with van der Waals surface area (Å²) < 4.78 is 79.4. The van der Waals surface area contributed by atoms with Gasteiger partial charge in [0.25, 0.3) is 0 Å². The van der Waals surface area contributed by atoms with Crippen LogP contribution in [-0.2, 0) is 12.4 Å². The number of hydrogen-bond acceptors (Lipinski definition) is 6. The number of anilines is 3. The molecule has 1 aliphatic heterocycles. The predicted octanol–water partition coefficient (Wildman–Crippen LogP) is 4.56. The van der Waals surface area contributed by atoms with Gasteiger partial charge in [-0.15, -0.1) is 0 Å². The van der Waals surface area contributed by atoms with Crippen molar-refractivity contribution in [2.75, 3.05) is 43.4 Å². The Balaban J connectivity index is 1.78. The van der Waals surface area contributed by atoms with E-state index in [0.29, 0.717) is 42.1 Å². The SMILES string of the molecule is CN1CCN(c2nc(Nc3cc(C(F)(F)F)cc(C(F)(F)F)c3)c3cnccc3n2)CC1. The summed E-state index contributed by atoms with van der Waals surface area (Å²) in [5, 5.41) is 3.00. The Labute approximate surface area is 178 Å². The topological polar surface area (TPSA) is 57.2 Å². The number of alkyl halides is 6. The zero-order chi connectivity index (χ0) is 23.1. The van der Waals surface area contributed by atoms with Gasteiger partial charge in [-0.25, -0.2) is 4.98 Å². The summed E-state index contributed by atoms with van der Waals surface area (Å²) in [5.74, 6) is 0.409. The Bertz CT molecular complexity index is 1090. The lowest BCUT2D eigenvalue weighted by atomic mass is 10.1. The van der Waals surface area contributed by atoms with Crippen LogP contribution in [0.15, 0.2) is 36.7 Å². The Hall–Kier alpha value is -3.15. The average molecular weight is 456 g/mol. The molecule has 3 aromatic rings. The molecule has 0 bridgehead atoms. The molecule has 0 aliphatic carbocycles. The zero-order valence-corrected chi connectivity index (χ0v) is 16.8. The van der Waals surface area contributed by atoms with E-state index in [4.69, 9.17) is 0 Å². The maximum absolute atomic E-state index is 13.2. The molecule has 1 aromatic carbocycles. The van der Waals surface area contributed by atoms with Crippen molar-refractivity contribution in [1.29, 1.82) is 0 Å². The molecule has 170 valence electrons. The maximum Gasteiger partial charge on any atom is 0.416 e. The normalized spacial score (nSPS) is 15.9. The third-order valence-electron chi connectivity index (χ3n) is 5.12. The molecule has 0 radical (unpaired) electrons. The van der Waals surface area contributed by atoms with Gasteiger partial charge in [0, 0.05) is 44.3 Å². The minimum atomic E-state index is -4.95. The molecule has 0 saturated carbocycles. The Kier molecular flexibility index (Phi) is 5.57. The van der Waals surface area contributed by atoms with Crippen LogP contribution in [0, 0.1) is 0 Å². The number of halogens is 6. The standard InChI is InChI=1S/C20H18F6N6/c1-31-4-6-32(7-5-31)18-29-16-2-3-27-11-15(16)17(30-18)28-14-9-12(19(21,22)23)8-13(10-14)20(24,25)26/h2-3,8-11H,4-7H2,1H3,(H,28,29,30). The minimum absolute atomic E-state index is 0.0736.